The number of nitrogens with one attached hydrogen (secondary N) is 1. The molecule has 5 nitrogen and oxygen atoms in total. The van der Waals surface area contributed by atoms with Gasteiger partial charge in [-0.3, -0.25) is 9.59 Å². The third-order valence-corrected chi connectivity index (χ3v) is 5.49. The van der Waals surface area contributed by atoms with Crippen molar-refractivity contribution in [3.05, 3.63) is 94.2 Å². The first kappa shape index (κ1) is 22.3. The Kier molecular flexibility index (Phi) is 6.05. The first-order valence-corrected chi connectivity index (χ1v) is 11.1. The van der Waals surface area contributed by atoms with Crippen molar-refractivity contribution in [3.63, 3.8) is 0 Å². The van der Waals surface area contributed by atoms with Crippen LogP contribution in [0.3, 0.4) is 0 Å². The molecule has 3 aromatic rings. The molecule has 0 aliphatic carbocycles. The zero-order valence-electron chi connectivity index (χ0n) is 19.7. The lowest BCUT2D eigenvalue weighted by molar-refractivity contribution is -0.120. The molecule has 0 aromatic heterocycles. The minimum absolute atomic E-state index is 0.272. The average Bonchev–Trinajstić information content (AvgIpc) is 2.97. The zero-order valence-corrected chi connectivity index (χ0v) is 19.7. The van der Waals surface area contributed by atoms with Crippen LogP contribution in [-0.4, -0.2) is 18.4 Å². The van der Waals surface area contributed by atoms with E-state index in [2.05, 4.69) is 11.4 Å². The van der Waals surface area contributed by atoms with E-state index >= 15 is 0 Å². The highest BCUT2D eigenvalue weighted by atomic mass is 16.5. The third kappa shape index (κ3) is 4.53. The van der Waals surface area contributed by atoms with Crippen LogP contribution in [0.5, 0.6) is 5.75 Å². The second kappa shape index (κ2) is 8.94. The van der Waals surface area contributed by atoms with E-state index < -0.39 is 0 Å². The number of anilines is 2. The standard InChI is InChI=1S/C28H28N2O3/c1-6-33-24-9-7-21(8-10-24)25-26(29-22-13-17(2)11-18(3)14-22)28(32)30(27(25)31)23-15-19(4)12-20(5)16-23/h7-16,29H,6H2,1-5H3. The van der Waals surface area contributed by atoms with Crippen molar-refractivity contribution in [2.45, 2.75) is 34.6 Å². The molecule has 33 heavy (non-hydrogen) atoms. The Balaban J connectivity index is 1.83. The minimum atomic E-state index is -0.368. The molecule has 0 bridgehead atoms. The van der Waals surface area contributed by atoms with Gasteiger partial charge in [-0.25, -0.2) is 4.90 Å². The van der Waals surface area contributed by atoms with Gasteiger partial charge in [0.2, 0.25) is 0 Å². The van der Waals surface area contributed by atoms with E-state index in [-0.39, 0.29) is 17.5 Å². The molecule has 1 N–H and O–H groups in total. The predicted molar refractivity (Wildman–Crippen MR) is 132 cm³/mol. The lowest BCUT2D eigenvalue weighted by Crippen LogP contribution is -2.32. The summed E-state index contributed by atoms with van der Waals surface area (Å²) in [7, 11) is 0. The molecule has 0 spiro atoms. The molecule has 0 fully saturated rings. The highest BCUT2D eigenvalue weighted by molar-refractivity contribution is 6.46. The number of carbonyl (C=O) groups is 2. The monoisotopic (exact) mass is 440 g/mol. The van der Waals surface area contributed by atoms with Crippen LogP contribution >= 0.6 is 0 Å². The number of benzene rings is 3. The van der Waals surface area contributed by atoms with Gasteiger partial charge in [-0.2, -0.15) is 0 Å². The van der Waals surface area contributed by atoms with Gasteiger partial charge in [0.15, 0.2) is 0 Å². The van der Waals surface area contributed by atoms with Gasteiger partial charge >= 0.3 is 0 Å². The smallest absolute Gasteiger partial charge is 0.282 e. The first-order chi connectivity index (χ1) is 15.8. The van der Waals surface area contributed by atoms with Crippen LogP contribution in [0.1, 0.15) is 34.7 Å². The van der Waals surface area contributed by atoms with Crippen LogP contribution in [-0.2, 0) is 9.59 Å². The maximum Gasteiger partial charge on any atom is 0.282 e. The fourth-order valence-electron chi connectivity index (χ4n) is 4.30. The number of carbonyl (C=O) groups excluding carboxylic acids is 2. The van der Waals surface area contributed by atoms with Crippen LogP contribution in [0.2, 0.25) is 0 Å². The molecule has 0 saturated carbocycles. The quantitative estimate of drug-likeness (QED) is 0.499. The molecule has 1 heterocycles. The van der Waals surface area contributed by atoms with Gasteiger partial charge in [-0.15, -0.1) is 0 Å². The second-order valence-corrected chi connectivity index (χ2v) is 8.50. The van der Waals surface area contributed by atoms with Gasteiger partial charge in [0.25, 0.3) is 11.8 Å². The Labute approximate surface area is 194 Å². The van der Waals surface area contributed by atoms with Crippen LogP contribution in [0, 0.1) is 27.7 Å². The summed E-state index contributed by atoms with van der Waals surface area (Å²) in [6, 6.07) is 19.0. The molecular weight excluding hydrogens is 412 g/mol. The van der Waals surface area contributed by atoms with Gasteiger partial charge < -0.3 is 10.1 Å². The van der Waals surface area contributed by atoms with Crippen molar-refractivity contribution in [3.8, 4) is 5.75 Å². The zero-order chi connectivity index (χ0) is 23.7. The number of hydrogen-bond donors (Lipinski definition) is 1. The lowest BCUT2D eigenvalue weighted by atomic mass is 10.0. The Morgan fingerprint density at radius 2 is 1.30 bits per heavy atom. The number of imide groups is 1. The number of nitrogens with zero attached hydrogens (tertiary/aromatic N) is 1. The average molecular weight is 441 g/mol. The fourth-order valence-corrected chi connectivity index (χ4v) is 4.30. The van der Waals surface area contributed by atoms with E-state index in [4.69, 9.17) is 4.74 Å². The molecule has 0 atom stereocenters. The molecule has 0 unspecified atom stereocenters. The van der Waals surface area contributed by atoms with Crippen molar-refractivity contribution in [1.82, 2.24) is 0 Å². The van der Waals surface area contributed by atoms with Crippen molar-refractivity contribution >= 4 is 28.8 Å². The molecule has 5 heteroatoms. The van der Waals surface area contributed by atoms with Gasteiger partial charge in [-0.05, 0) is 98.8 Å². The molecule has 3 aromatic carbocycles. The topological polar surface area (TPSA) is 58.6 Å². The van der Waals surface area contributed by atoms with E-state index in [9.17, 15) is 9.59 Å². The molecule has 0 saturated heterocycles. The van der Waals surface area contributed by atoms with Crippen molar-refractivity contribution < 1.29 is 14.3 Å². The Bertz CT molecular complexity index is 1230. The maximum absolute atomic E-state index is 13.7. The Morgan fingerprint density at radius 1 is 0.758 bits per heavy atom. The molecule has 168 valence electrons. The van der Waals surface area contributed by atoms with Gasteiger partial charge in [0, 0.05) is 5.69 Å². The molecule has 2 amide bonds. The summed E-state index contributed by atoms with van der Waals surface area (Å²) >= 11 is 0. The normalized spacial score (nSPS) is 13.7. The highest BCUT2D eigenvalue weighted by Gasteiger charge is 2.40. The summed E-state index contributed by atoms with van der Waals surface area (Å²) in [5.41, 5.74) is 6.75. The Morgan fingerprint density at radius 3 is 1.85 bits per heavy atom. The van der Waals surface area contributed by atoms with Crippen LogP contribution in [0.15, 0.2) is 66.4 Å². The molecule has 0 radical (unpaired) electrons. The summed E-state index contributed by atoms with van der Waals surface area (Å²) in [6.07, 6.45) is 0. The van der Waals surface area contributed by atoms with Crippen LogP contribution < -0.4 is 15.0 Å². The van der Waals surface area contributed by atoms with Crippen LogP contribution in [0.25, 0.3) is 5.57 Å². The molecule has 4 rings (SSSR count). The van der Waals surface area contributed by atoms with Gasteiger partial charge in [0.1, 0.15) is 11.4 Å². The number of rotatable bonds is 6. The number of amides is 2. The molecular formula is C28H28N2O3. The van der Waals surface area contributed by atoms with E-state index in [1.165, 1.54) is 4.90 Å². The van der Waals surface area contributed by atoms with Crippen molar-refractivity contribution in [1.29, 1.82) is 0 Å². The van der Waals surface area contributed by atoms with Crippen LogP contribution in [0.4, 0.5) is 11.4 Å². The molecule has 1 aliphatic rings. The van der Waals surface area contributed by atoms with E-state index in [1.807, 2.05) is 89.2 Å². The lowest BCUT2D eigenvalue weighted by Gasteiger charge is -2.17. The minimum Gasteiger partial charge on any atom is -0.494 e. The summed E-state index contributed by atoms with van der Waals surface area (Å²) in [5, 5.41) is 3.26. The Hall–Kier alpha value is -3.86. The summed E-state index contributed by atoms with van der Waals surface area (Å²) < 4.78 is 5.54. The number of ether oxygens (including phenoxy) is 1. The summed E-state index contributed by atoms with van der Waals surface area (Å²) in [4.78, 5) is 28.5. The SMILES string of the molecule is CCOc1ccc(C2=C(Nc3cc(C)cc(C)c3)C(=O)N(c3cc(C)cc(C)c3)C2=O)cc1. The first-order valence-electron chi connectivity index (χ1n) is 11.1. The summed E-state index contributed by atoms with van der Waals surface area (Å²) in [5.74, 6) is 0.00249. The van der Waals surface area contributed by atoms with E-state index in [1.54, 1.807) is 0 Å². The van der Waals surface area contributed by atoms with Crippen molar-refractivity contribution in [2.24, 2.45) is 0 Å². The number of hydrogen-bond acceptors (Lipinski definition) is 4. The summed E-state index contributed by atoms with van der Waals surface area (Å²) in [6.45, 7) is 10.4. The van der Waals surface area contributed by atoms with E-state index in [0.717, 1.165) is 27.9 Å². The maximum atomic E-state index is 13.7. The van der Waals surface area contributed by atoms with Crippen molar-refractivity contribution in [2.75, 3.05) is 16.8 Å². The second-order valence-electron chi connectivity index (χ2n) is 8.50. The number of aryl methyl sites for hydroxylation is 4. The third-order valence-electron chi connectivity index (χ3n) is 5.49. The van der Waals surface area contributed by atoms with Gasteiger partial charge in [-0.1, -0.05) is 24.3 Å². The molecule has 1 aliphatic heterocycles. The predicted octanol–water partition coefficient (Wildman–Crippen LogP) is 5.72. The van der Waals surface area contributed by atoms with E-state index in [0.29, 0.717) is 29.2 Å². The highest BCUT2D eigenvalue weighted by Crippen LogP contribution is 2.35. The largest absolute Gasteiger partial charge is 0.494 e. The van der Waals surface area contributed by atoms with Gasteiger partial charge in [0.05, 0.1) is 17.9 Å². The fraction of sp³-hybridized carbons (Fsp3) is 0.214.